The Bertz CT molecular complexity index is 755. The summed E-state index contributed by atoms with van der Waals surface area (Å²) < 4.78 is 28.1. The average molecular weight is 373 g/mol. The molecule has 0 atom stereocenters. The van der Waals surface area contributed by atoms with Gasteiger partial charge in [-0.1, -0.05) is 69.5 Å². The summed E-state index contributed by atoms with van der Waals surface area (Å²) in [5, 5.41) is 0. The minimum atomic E-state index is -0.741. The molecule has 2 aromatic rings. The molecule has 0 amide bonds. The summed E-state index contributed by atoms with van der Waals surface area (Å²) in [5.74, 6) is 1.07. The van der Waals surface area contributed by atoms with Crippen molar-refractivity contribution in [2.24, 2.45) is 11.8 Å². The standard InChI is InChI=1S/C24H28F2.CH4.H2/c1-16-6-15-22(24(26)23(16)25)21-13-11-20(12-14-21)19-9-7-18(8-10-19)17-4-2-3-5-17;;/h6,11-15,17-19H,2-5,7-10H2,1H3;1H4;1H. The molecule has 0 heterocycles. The van der Waals surface area contributed by atoms with Gasteiger partial charge in [-0.3, -0.25) is 0 Å². The number of halogens is 2. The highest BCUT2D eigenvalue weighted by molar-refractivity contribution is 5.65. The van der Waals surface area contributed by atoms with Crippen molar-refractivity contribution in [1.29, 1.82) is 0 Å². The summed E-state index contributed by atoms with van der Waals surface area (Å²) in [6.45, 7) is 1.59. The molecule has 2 aliphatic rings. The lowest BCUT2D eigenvalue weighted by atomic mass is 9.73. The van der Waals surface area contributed by atoms with Gasteiger partial charge < -0.3 is 0 Å². The molecule has 0 N–H and O–H groups in total. The molecule has 27 heavy (non-hydrogen) atoms. The van der Waals surface area contributed by atoms with E-state index in [0.29, 0.717) is 17.0 Å². The molecule has 2 heteroatoms. The molecule has 0 aromatic heterocycles. The van der Waals surface area contributed by atoms with Gasteiger partial charge in [0.25, 0.3) is 0 Å². The second-order valence-corrected chi connectivity index (χ2v) is 8.34. The highest BCUT2D eigenvalue weighted by Crippen LogP contribution is 2.43. The Morgan fingerprint density at radius 2 is 1.33 bits per heavy atom. The van der Waals surface area contributed by atoms with Gasteiger partial charge in [0.1, 0.15) is 0 Å². The lowest BCUT2D eigenvalue weighted by Gasteiger charge is -2.32. The lowest BCUT2D eigenvalue weighted by molar-refractivity contribution is 0.235. The quantitative estimate of drug-likeness (QED) is 0.508. The first-order valence-electron chi connectivity index (χ1n) is 10.2. The van der Waals surface area contributed by atoms with Crippen molar-refractivity contribution in [1.82, 2.24) is 0 Å². The number of hydrogen-bond acceptors (Lipinski definition) is 0. The zero-order chi connectivity index (χ0) is 18.1. The number of aryl methyl sites for hydroxylation is 1. The van der Waals surface area contributed by atoms with Crippen molar-refractivity contribution in [3.63, 3.8) is 0 Å². The van der Waals surface area contributed by atoms with E-state index in [1.165, 1.54) is 56.9 Å². The fourth-order valence-electron chi connectivity index (χ4n) is 5.16. The van der Waals surface area contributed by atoms with E-state index < -0.39 is 11.6 Å². The van der Waals surface area contributed by atoms with Crippen molar-refractivity contribution >= 4 is 0 Å². The Labute approximate surface area is 164 Å². The fourth-order valence-corrected chi connectivity index (χ4v) is 5.16. The molecule has 0 unspecified atom stereocenters. The van der Waals surface area contributed by atoms with Crippen molar-refractivity contribution in [2.45, 2.75) is 71.6 Å². The maximum absolute atomic E-state index is 14.2. The third kappa shape index (κ3) is 4.10. The minimum Gasteiger partial charge on any atom is -0.203 e. The Kier molecular flexibility index (Phi) is 6.34. The number of benzene rings is 2. The van der Waals surface area contributed by atoms with Crippen LogP contribution >= 0.6 is 0 Å². The summed E-state index contributed by atoms with van der Waals surface area (Å²) in [7, 11) is 0. The molecule has 148 valence electrons. The SMILES string of the molecule is C.Cc1ccc(-c2ccc(C3CCC(C4CCCC4)CC3)cc2)c(F)c1F.[HH]. The van der Waals surface area contributed by atoms with Gasteiger partial charge in [-0.05, 0) is 67.1 Å². The van der Waals surface area contributed by atoms with Gasteiger partial charge in [-0.25, -0.2) is 8.78 Å². The maximum Gasteiger partial charge on any atom is 0.166 e. The molecule has 2 aliphatic carbocycles. The molecule has 0 saturated heterocycles. The summed E-state index contributed by atoms with van der Waals surface area (Å²) in [4.78, 5) is 0. The second-order valence-electron chi connectivity index (χ2n) is 8.34. The number of hydrogen-bond donors (Lipinski definition) is 0. The van der Waals surface area contributed by atoms with Crippen LogP contribution in [0.15, 0.2) is 36.4 Å². The Morgan fingerprint density at radius 3 is 1.96 bits per heavy atom. The summed E-state index contributed by atoms with van der Waals surface area (Å²) >= 11 is 0. The summed E-state index contributed by atoms with van der Waals surface area (Å²) in [5.41, 5.74) is 2.81. The molecular weight excluding hydrogens is 338 g/mol. The zero-order valence-corrected chi connectivity index (χ0v) is 15.6. The van der Waals surface area contributed by atoms with Crippen molar-refractivity contribution < 1.29 is 10.2 Å². The summed E-state index contributed by atoms with van der Waals surface area (Å²) in [6, 6.07) is 11.5. The first-order valence-corrected chi connectivity index (χ1v) is 10.2. The molecule has 2 fully saturated rings. The van der Waals surface area contributed by atoms with Gasteiger partial charge in [-0.15, -0.1) is 0 Å². The van der Waals surface area contributed by atoms with Crippen LogP contribution in [0.3, 0.4) is 0 Å². The topological polar surface area (TPSA) is 0 Å². The Balaban J connectivity index is 0.00000140. The zero-order valence-electron chi connectivity index (χ0n) is 15.6. The average Bonchev–Trinajstić information content (AvgIpc) is 3.22. The van der Waals surface area contributed by atoms with Crippen LogP contribution in [0.2, 0.25) is 0 Å². The first-order chi connectivity index (χ1) is 12.6. The van der Waals surface area contributed by atoms with Crippen LogP contribution in [-0.4, -0.2) is 0 Å². The predicted molar refractivity (Wildman–Crippen MR) is 112 cm³/mol. The van der Waals surface area contributed by atoms with Gasteiger partial charge in [-0.2, -0.15) is 0 Å². The van der Waals surface area contributed by atoms with E-state index in [-0.39, 0.29) is 8.85 Å². The van der Waals surface area contributed by atoms with Crippen LogP contribution in [0.1, 0.15) is 77.3 Å². The van der Waals surface area contributed by atoms with Crippen molar-refractivity contribution in [2.75, 3.05) is 0 Å². The molecule has 0 nitrogen and oxygen atoms in total. The van der Waals surface area contributed by atoms with Crippen molar-refractivity contribution in [3.8, 4) is 11.1 Å². The van der Waals surface area contributed by atoms with E-state index in [1.807, 2.05) is 12.1 Å². The first kappa shape index (κ1) is 20.0. The molecular formula is C25H34F2. The number of rotatable bonds is 3. The van der Waals surface area contributed by atoms with Gasteiger partial charge in [0.2, 0.25) is 0 Å². The molecule has 0 radical (unpaired) electrons. The molecule has 0 aliphatic heterocycles. The van der Waals surface area contributed by atoms with E-state index in [9.17, 15) is 8.78 Å². The van der Waals surface area contributed by atoms with Gasteiger partial charge in [0.05, 0.1) is 0 Å². The van der Waals surface area contributed by atoms with E-state index >= 15 is 0 Å². The smallest absolute Gasteiger partial charge is 0.166 e. The monoisotopic (exact) mass is 372 g/mol. The van der Waals surface area contributed by atoms with E-state index in [2.05, 4.69) is 12.1 Å². The van der Waals surface area contributed by atoms with Crippen LogP contribution in [-0.2, 0) is 0 Å². The second kappa shape index (κ2) is 8.54. The van der Waals surface area contributed by atoms with Gasteiger partial charge in [0.15, 0.2) is 11.6 Å². The normalized spacial score (nSPS) is 23.2. The molecule has 2 aromatic carbocycles. The Morgan fingerprint density at radius 1 is 0.741 bits per heavy atom. The van der Waals surface area contributed by atoms with Gasteiger partial charge in [0, 0.05) is 6.99 Å². The van der Waals surface area contributed by atoms with E-state index in [1.54, 1.807) is 19.1 Å². The molecule has 0 bridgehead atoms. The van der Waals surface area contributed by atoms with Crippen LogP contribution in [0.5, 0.6) is 0 Å². The van der Waals surface area contributed by atoms with Crippen molar-refractivity contribution in [3.05, 3.63) is 59.2 Å². The largest absolute Gasteiger partial charge is 0.203 e. The fraction of sp³-hybridized carbons (Fsp3) is 0.520. The summed E-state index contributed by atoms with van der Waals surface area (Å²) in [6.07, 6.45) is 11.0. The van der Waals surface area contributed by atoms with E-state index in [4.69, 9.17) is 0 Å². The highest BCUT2D eigenvalue weighted by atomic mass is 19.2. The van der Waals surface area contributed by atoms with E-state index in [0.717, 1.165) is 17.4 Å². The van der Waals surface area contributed by atoms with Crippen LogP contribution in [0.4, 0.5) is 8.78 Å². The Hall–Kier alpha value is -1.70. The lowest BCUT2D eigenvalue weighted by Crippen LogP contribution is -2.19. The molecule has 0 spiro atoms. The van der Waals surface area contributed by atoms with Gasteiger partial charge >= 0.3 is 0 Å². The van der Waals surface area contributed by atoms with Crippen LogP contribution in [0.25, 0.3) is 11.1 Å². The third-order valence-corrected chi connectivity index (χ3v) is 6.81. The predicted octanol–water partition coefficient (Wildman–Crippen LogP) is 8.29. The highest BCUT2D eigenvalue weighted by Gasteiger charge is 2.29. The maximum atomic E-state index is 14.2. The molecule has 2 saturated carbocycles. The van der Waals surface area contributed by atoms with Crippen LogP contribution in [0, 0.1) is 30.4 Å². The molecule has 4 rings (SSSR count). The van der Waals surface area contributed by atoms with Crippen LogP contribution < -0.4 is 0 Å². The minimum absolute atomic E-state index is 0. The third-order valence-electron chi connectivity index (χ3n) is 6.81.